The van der Waals surface area contributed by atoms with Gasteiger partial charge in [0, 0.05) is 19.2 Å². The number of rotatable bonds is 13. The molecule has 0 radical (unpaired) electrons. The van der Waals surface area contributed by atoms with Gasteiger partial charge in [-0.3, -0.25) is 4.79 Å². The second-order valence-electron chi connectivity index (χ2n) is 10.4. The van der Waals surface area contributed by atoms with Gasteiger partial charge in [0.1, 0.15) is 17.2 Å². The van der Waals surface area contributed by atoms with E-state index in [-0.39, 0.29) is 17.4 Å². The van der Waals surface area contributed by atoms with Crippen molar-refractivity contribution in [3.63, 3.8) is 0 Å². The van der Waals surface area contributed by atoms with Gasteiger partial charge >= 0.3 is 0 Å². The molecule has 0 aliphatic heterocycles. The van der Waals surface area contributed by atoms with Crippen molar-refractivity contribution in [3.05, 3.63) is 101 Å². The molecule has 0 spiro atoms. The molecule has 7 nitrogen and oxygen atoms in total. The average molecular weight is 543 g/mol. The third-order valence-corrected chi connectivity index (χ3v) is 6.93. The van der Waals surface area contributed by atoms with Crippen LogP contribution in [0.4, 0.5) is 0 Å². The minimum Gasteiger partial charge on any atom is -0.508 e. The highest BCUT2D eigenvalue weighted by Gasteiger charge is 2.12. The molecule has 7 heteroatoms. The molecule has 2 unspecified atom stereocenters. The molecule has 0 aliphatic rings. The lowest BCUT2D eigenvalue weighted by Gasteiger charge is -2.16. The standard InChI is InChI=1S/C33H38N2O5/c1-22(20-34-21-32(38)28-16-29(36)19-30(37)17-28)12-24-4-3-5-25(13-24)15-33(39)35-11-10-23-6-7-27-18-31(40-2)9-8-26(27)14-23/h3-9,13-14,16-19,22,32,34,36-38H,10-12,15,20-21H2,1-2H3,(H,35,39). The molecule has 0 aliphatic carbocycles. The van der Waals surface area contributed by atoms with E-state index in [1.807, 2.05) is 30.3 Å². The van der Waals surface area contributed by atoms with E-state index in [9.17, 15) is 20.1 Å². The van der Waals surface area contributed by atoms with Crippen LogP contribution in [-0.4, -0.2) is 48.0 Å². The van der Waals surface area contributed by atoms with Crippen LogP contribution < -0.4 is 15.4 Å². The number of phenols is 2. The summed E-state index contributed by atoms with van der Waals surface area (Å²) in [5.41, 5.74) is 3.77. The van der Waals surface area contributed by atoms with Crippen LogP contribution in [0.2, 0.25) is 0 Å². The Morgan fingerprint density at radius 3 is 2.35 bits per heavy atom. The van der Waals surface area contributed by atoms with Crippen LogP contribution in [0.25, 0.3) is 10.8 Å². The van der Waals surface area contributed by atoms with Gasteiger partial charge in [0.25, 0.3) is 0 Å². The summed E-state index contributed by atoms with van der Waals surface area (Å²) in [5.74, 6) is 0.984. The highest BCUT2D eigenvalue weighted by atomic mass is 16.5. The smallest absolute Gasteiger partial charge is 0.224 e. The highest BCUT2D eigenvalue weighted by Crippen LogP contribution is 2.25. The predicted octanol–water partition coefficient (Wildman–Crippen LogP) is 4.66. The lowest BCUT2D eigenvalue weighted by molar-refractivity contribution is -0.120. The summed E-state index contributed by atoms with van der Waals surface area (Å²) in [6.07, 6.45) is 1.09. The normalized spacial score (nSPS) is 12.7. The Hall–Kier alpha value is -4.07. The molecule has 4 aromatic carbocycles. The van der Waals surface area contributed by atoms with Gasteiger partial charge in [0.15, 0.2) is 0 Å². The minimum absolute atomic E-state index is 0.00404. The number of methoxy groups -OCH3 is 1. The summed E-state index contributed by atoms with van der Waals surface area (Å²) in [6.45, 7) is 3.70. The molecule has 0 bridgehead atoms. The number of aliphatic hydroxyl groups is 1. The van der Waals surface area contributed by atoms with Crippen molar-refractivity contribution in [1.82, 2.24) is 10.6 Å². The first kappa shape index (κ1) is 28.9. The summed E-state index contributed by atoms with van der Waals surface area (Å²) >= 11 is 0. The molecular weight excluding hydrogens is 504 g/mol. The molecule has 1 amide bonds. The number of nitrogens with one attached hydrogen (secondary N) is 2. The third kappa shape index (κ3) is 8.46. The zero-order valence-corrected chi connectivity index (χ0v) is 23.1. The summed E-state index contributed by atoms with van der Waals surface area (Å²) in [5, 5.41) is 38.2. The van der Waals surface area contributed by atoms with Crippen molar-refractivity contribution in [1.29, 1.82) is 0 Å². The maximum atomic E-state index is 12.6. The van der Waals surface area contributed by atoms with Crippen LogP contribution in [0.5, 0.6) is 17.2 Å². The number of hydrogen-bond donors (Lipinski definition) is 5. The number of aromatic hydroxyl groups is 2. The Morgan fingerprint density at radius 2 is 1.57 bits per heavy atom. The predicted molar refractivity (Wildman–Crippen MR) is 158 cm³/mol. The van der Waals surface area contributed by atoms with E-state index in [0.29, 0.717) is 37.5 Å². The van der Waals surface area contributed by atoms with Gasteiger partial charge in [-0.25, -0.2) is 0 Å². The van der Waals surface area contributed by atoms with Gasteiger partial charge in [0.2, 0.25) is 5.91 Å². The Morgan fingerprint density at radius 1 is 0.850 bits per heavy atom. The van der Waals surface area contributed by atoms with Gasteiger partial charge in [-0.05, 0) is 82.6 Å². The Balaban J connectivity index is 1.19. The number of benzene rings is 4. The van der Waals surface area contributed by atoms with Crippen LogP contribution in [-0.2, 0) is 24.1 Å². The number of fused-ring (bicyclic) bond motifs is 1. The lowest BCUT2D eigenvalue weighted by Crippen LogP contribution is -2.27. The monoisotopic (exact) mass is 542 g/mol. The number of hydrogen-bond acceptors (Lipinski definition) is 6. The molecule has 5 N–H and O–H groups in total. The summed E-state index contributed by atoms with van der Waals surface area (Å²) in [7, 11) is 1.66. The van der Waals surface area contributed by atoms with Gasteiger partial charge in [0.05, 0.1) is 19.6 Å². The van der Waals surface area contributed by atoms with Gasteiger partial charge < -0.3 is 30.7 Å². The van der Waals surface area contributed by atoms with E-state index < -0.39 is 6.10 Å². The van der Waals surface area contributed by atoms with Crippen molar-refractivity contribution >= 4 is 16.7 Å². The number of carbonyl (C=O) groups is 1. The van der Waals surface area contributed by atoms with Crippen LogP contribution in [0.1, 0.15) is 35.3 Å². The molecule has 0 aromatic heterocycles. The molecule has 210 valence electrons. The van der Waals surface area contributed by atoms with E-state index in [0.717, 1.165) is 40.5 Å². The zero-order valence-electron chi connectivity index (χ0n) is 23.1. The summed E-state index contributed by atoms with van der Waals surface area (Å²) in [4.78, 5) is 12.6. The zero-order chi connectivity index (χ0) is 28.5. The van der Waals surface area contributed by atoms with Crippen LogP contribution in [0, 0.1) is 5.92 Å². The van der Waals surface area contributed by atoms with Crippen LogP contribution in [0.3, 0.4) is 0 Å². The number of carbonyl (C=O) groups excluding carboxylic acids is 1. The van der Waals surface area contributed by atoms with E-state index in [1.54, 1.807) is 7.11 Å². The molecule has 4 aromatic rings. The molecule has 2 atom stereocenters. The quantitative estimate of drug-likeness (QED) is 0.168. The number of phenolic OH excluding ortho intramolecular Hbond substituents is 2. The molecule has 0 heterocycles. The lowest BCUT2D eigenvalue weighted by atomic mass is 9.98. The van der Waals surface area contributed by atoms with Crippen molar-refractivity contribution < 1.29 is 24.9 Å². The van der Waals surface area contributed by atoms with Gasteiger partial charge in [-0.15, -0.1) is 0 Å². The second-order valence-corrected chi connectivity index (χ2v) is 10.4. The first-order valence-electron chi connectivity index (χ1n) is 13.6. The number of amides is 1. The number of ether oxygens (including phenoxy) is 1. The van der Waals surface area contributed by atoms with Crippen LogP contribution >= 0.6 is 0 Å². The average Bonchev–Trinajstić information content (AvgIpc) is 2.92. The fraction of sp³-hybridized carbons (Fsp3) is 0.303. The maximum Gasteiger partial charge on any atom is 0.224 e. The molecule has 0 saturated heterocycles. The summed E-state index contributed by atoms with van der Waals surface area (Å²) in [6, 6.07) is 24.6. The number of aliphatic hydroxyl groups excluding tert-OH is 1. The molecule has 4 rings (SSSR count). The molecular formula is C33H38N2O5. The topological polar surface area (TPSA) is 111 Å². The minimum atomic E-state index is -0.836. The van der Waals surface area contributed by atoms with Crippen LogP contribution in [0.15, 0.2) is 78.9 Å². The van der Waals surface area contributed by atoms with E-state index in [2.05, 4.69) is 47.9 Å². The van der Waals surface area contributed by atoms with Crippen molar-refractivity contribution in [2.45, 2.75) is 32.3 Å². The first-order valence-corrected chi connectivity index (χ1v) is 13.6. The van der Waals surface area contributed by atoms with E-state index in [1.165, 1.54) is 23.8 Å². The molecule has 0 saturated carbocycles. The van der Waals surface area contributed by atoms with Gasteiger partial charge in [-0.1, -0.05) is 55.5 Å². The van der Waals surface area contributed by atoms with Crippen molar-refractivity contribution in [2.24, 2.45) is 5.92 Å². The van der Waals surface area contributed by atoms with E-state index >= 15 is 0 Å². The highest BCUT2D eigenvalue weighted by molar-refractivity contribution is 5.84. The molecule has 0 fully saturated rings. The first-order chi connectivity index (χ1) is 19.3. The largest absolute Gasteiger partial charge is 0.508 e. The van der Waals surface area contributed by atoms with E-state index in [4.69, 9.17) is 4.74 Å². The van der Waals surface area contributed by atoms with Gasteiger partial charge in [-0.2, -0.15) is 0 Å². The SMILES string of the molecule is COc1ccc2cc(CCNC(=O)Cc3cccc(CC(C)CNCC(O)c4cc(O)cc(O)c4)c3)ccc2c1. The summed E-state index contributed by atoms with van der Waals surface area (Å²) < 4.78 is 5.29. The van der Waals surface area contributed by atoms with Crippen molar-refractivity contribution in [2.75, 3.05) is 26.7 Å². The maximum absolute atomic E-state index is 12.6. The second kappa shape index (κ2) is 13.8. The Bertz CT molecular complexity index is 1420. The van der Waals surface area contributed by atoms with Crippen molar-refractivity contribution in [3.8, 4) is 17.2 Å². The Kier molecular flexibility index (Phi) is 10.00. The third-order valence-electron chi connectivity index (χ3n) is 6.93. The Labute approximate surface area is 235 Å². The fourth-order valence-corrected chi connectivity index (χ4v) is 4.89. The molecule has 40 heavy (non-hydrogen) atoms. The fourth-order valence-electron chi connectivity index (χ4n) is 4.89.